The minimum atomic E-state index is -4.41. The van der Waals surface area contributed by atoms with Gasteiger partial charge < -0.3 is 4.74 Å². The van der Waals surface area contributed by atoms with E-state index in [0.29, 0.717) is 0 Å². The fraction of sp³-hybridized carbons (Fsp3) is 0.231. The van der Waals surface area contributed by atoms with E-state index in [0.717, 1.165) is 12.1 Å². The summed E-state index contributed by atoms with van der Waals surface area (Å²) in [6.45, 7) is -0.225. The summed E-state index contributed by atoms with van der Waals surface area (Å²) in [5, 5.41) is 3.81. The zero-order valence-corrected chi connectivity index (χ0v) is 10.5. The Hall–Kier alpha value is -2.31. The highest BCUT2D eigenvalue weighted by molar-refractivity contribution is 5.88. The number of alkyl halides is 3. The second-order valence-corrected chi connectivity index (χ2v) is 4.18. The highest BCUT2D eigenvalue weighted by Gasteiger charge is 2.30. The number of aryl methyl sites for hydroxylation is 1. The molecular formula is C13H11F3N2O2. The van der Waals surface area contributed by atoms with E-state index in [-0.39, 0.29) is 17.7 Å². The Kier molecular flexibility index (Phi) is 3.78. The van der Waals surface area contributed by atoms with Crippen LogP contribution in [0.4, 0.5) is 13.2 Å². The number of rotatable bonds is 3. The lowest BCUT2D eigenvalue weighted by Crippen LogP contribution is -2.07. The first kappa shape index (κ1) is 14.1. The average molecular weight is 284 g/mol. The first-order valence-electron chi connectivity index (χ1n) is 5.68. The van der Waals surface area contributed by atoms with Gasteiger partial charge in [0.2, 0.25) is 0 Å². The fourth-order valence-corrected chi connectivity index (χ4v) is 1.60. The minimum Gasteiger partial charge on any atom is -0.457 e. The molecule has 1 aromatic carbocycles. The number of nitrogens with zero attached hydrogens (tertiary/aromatic N) is 2. The quantitative estimate of drug-likeness (QED) is 0.814. The van der Waals surface area contributed by atoms with Gasteiger partial charge in [0, 0.05) is 13.2 Å². The van der Waals surface area contributed by atoms with Crippen LogP contribution in [0.25, 0.3) is 0 Å². The number of hydrogen-bond acceptors (Lipinski definition) is 3. The third-order valence-electron chi connectivity index (χ3n) is 2.56. The molecule has 7 heteroatoms. The third-order valence-corrected chi connectivity index (χ3v) is 2.56. The molecule has 0 bridgehead atoms. The molecule has 4 nitrogen and oxygen atoms in total. The molecule has 0 radical (unpaired) electrons. The van der Waals surface area contributed by atoms with E-state index in [2.05, 4.69) is 5.10 Å². The molecular weight excluding hydrogens is 273 g/mol. The monoisotopic (exact) mass is 284 g/mol. The number of carbonyl (C=O) groups is 1. The number of halogens is 3. The van der Waals surface area contributed by atoms with Gasteiger partial charge in [-0.1, -0.05) is 12.1 Å². The van der Waals surface area contributed by atoms with Gasteiger partial charge in [0.05, 0.1) is 17.3 Å². The minimum absolute atomic E-state index is 0.225. The lowest BCUT2D eigenvalue weighted by atomic mass is 10.1. The van der Waals surface area contributed by atoms with E-state index in [9.17, 15) is 18.0 Å². The summed E-state index contributed by atoms with van der Waals surface area (Å²) in [5.41, 5.74) is -0.246. The van der Waals surface area contributed by atoms with E-state index in [4.69, 9.17) is 4.74 Å². The Labute approximate surface area is 112 Å². The molecule has 0 unspecified atom stereocenters. The molecule has 0 amide bonds. The maximum atomic E-state index is 12.5. The third kappa shape index (κ3) is 3.37. The van der Waals surface area contributed by atoms with E-state index in [1.165, 1.54) is 29.2 Å². The van der Waals surface area contributed by atoms with Gasteiger partial charge in [0.1, 0.15) is 6.61 Å². The van der Waals surface area contributed by atoms with Crippen LogP contribution < -0.4 is 0 Å². The Morgan fingerprint density at radius 1 is 1.40 bits per heavy atom. The highest BCUT2D eigenvalue weighted by Crippen LogP contribution is 2.29. The molecule has 2 rings (SSSR count). The Morgan fingerprint density at radius 3 is 2.75 bits per heavy atom. The maximum Gasteiger partial charge on any atom is 0.416 e. The molecule has 106 valence electrons. The van der Waals surface area contributed by atoms with Crippen molar-refractivity contribution in [1.29, 1.82) is 0 Å². The summed E-state index contributed by atoms with van der Waals surface area (Å²) >= 11 is 0. The van der Waals surface area contributed by atoms with Crippen molar-refractivity contribution in [2.45, 2.75) is 12.8 Å². The summed E-state index contributed by atoms with van der Waals surface area (Å²) in [5.74, 6) is -0.629. The molecule has 0 aliphatic rings. The fourth-order valence-electron chi connectivity index (χ4n) is 1.60. The van der Waals surface area contributed by atoms with Crippen LogP contribution in [0.3, 0.4) is 0 Å². The van der Waals surface area contributed by atoms with Crippen LogP contribution in [0.15, 0.2) is 36.7 Å². The van der Waals surface area contributed by atoms with Crippen molar-refractivity contribution in [2.24, 2.45) is 7.05 Å². The predicted octanol–water partition coefficient (Wildman–Crippen LogP) is 2.80. The lowest BCUT2D eigenvalue weighted by molar-refractivity contribution is -0.137. The van der Waals surface area contributed by atoms with Gasteiger partial charge >= 0.3 is 12.1 Å². The van der Waals surface area contributed by atoms with Crippen molar-refractivity contribution in [3.8, 4) is 0 Å². The number of benzene rings is 1. The smallest absolute Gasteiger partial charge is 0.416 e. The molecule has 0 saturated heterocycles. The Balaban J connectivity index is 2.02. The maximum absolute atomic E-state index is 12.5. The van der Waals surface area contributed by atoms with Crippen LogP contribution in [0, 0.1) is 0 Å². The van der Waals surface area contributed by atoms with Crippen molar-refractivity contribution >= 4 is 5.97 Å². The molecule has 2 aromatic rings. The summed E-state index contributed by atoms with van der Waals surface area (Å²) in [7, 11) is 1.64. The average Bonchev–Trinajstić information content (AvgIpc) is 2.82. The van der Waals surface area contributed by atoms with Crippen molar-refractivity contribution in [1.82, 2.24) is 9.78 Å². The number of esters is 1. The van der Waals surface area contributed by atoms with Gasteiger partial charge in [-0.05, 0) is 17.7 Å². The molecule has 1 aromatic heterocycles. The molecule has 0 saturated carbocycles. The Morgan fingerprint density at radius 2 is 2.15 bits per heavy atom. The van der Waals surface area contributed by atoms with Gasteiger partial charge in [0.15, 0.2) is 0 Å². The van der Waals surface area contributed by atoms with Gasteiger partial charge in [-0.3, -0.25) is 4.68 Å². The molecule has 1 heterocycles. The van der Waals surface area contributed by atoms with Crippen LogP contribution in [0.5, 0.6) is 0 Å². The number of hydrogen-bond donors (Lipinski definition) is 0. The topological polar surface area (TPSA) is 44.1 Å². The van der Waals surface area contributed by atoms with E-state index < -0.39 is 17.7 Å². The first-order chi connectivity index (χ1) is 9.36. The molecule has 0 aliphatic carbocycles. The van der Waals surface area contributed by atoms with Crippen LogP contribution in [-0.2, 0) is 24.6 Å². The van der Waals surface area contributed by atoms with Gasteiger partial charge in [-0.25, -0.2) is 4.79 Å². The molecule has 0 atom stereocenters. The number of aromatic nitrogens is 2. The molecule has 0 fully saturated rings. The standard InChI is InChI=1S/C13H11F3N2O2/c1-18-7-10(6-17-18)12(19)20-8-9-3-2-4-11(5-9)13(14,15)16/h2-7H,8H2,1H3. The zero-order chi connectivity index (χ0) is 14.8. The first-order valence-corrected chi connectivity index (χ1v) is 5.68. The largest absolute Gasteiger partial charge is 0.457 e. The molecule has 0 N–H and O–H groups in total. The van der Waals surface area contributed by atoms with Crippen LogP contribution in [0.2, 0.25) is 0 Å². The Bertz CT molecular complexity index is 620. The van der Waals surface area contributed by atoms with E-state index in [1.807, 2.05) is 0 Å². The van der Waals surface area contributed by atoms with E-state index in [1.54, 1.807) is 7.05 Å². The second-order valence-electron chi connectivity index (χ2n) is 4.18. The van der Waals surface area contributed by atoms with Crippen molar-refractivity contribution in [2.75, 3.05) is 0 Å². The van der Waals surface area contributed by atoms with Crippen LogP contribution in [0.1, 0.15) is 21.5 Å². The SMILES string of the molecule is Cn1cc(C(=O)OCc2cccc(C(F)(F)F)c2)cn1. The van der Waals surface area contributed by atoms with Crippen LogP contribution in [-0.4, -0.2) is 15.7 Å². The summed E-state index contributed by atoms with van der Waals surface area (Å²) in [6.07, 6.45) is -1.62. The van der Waals surface area contributed by atoms with Crippen LogP contribution >= 0.6 is 0 Å². The second kappa shape index (κ2) is 5.36. The molecule has 20 heavy (non-hydrogen) atoms. The van der Waals surface area contributed by atoms with Crippen molar-refractivity contribution in [3.63, 3.8) is 0 Å². The van der Waals surface area contributed by atoms with E-state index >= 15 is 0 Å². The van der Waals surface area contributed by atoms with Gasteiger partial charge in [-0.2, -0.15) is 18.3 Å². The van der Waals surface area contributed by atoms with Gasteiger partial charge in [0.25, 0.3) is 0 Å². The molecule has 0 spiro atoms. The zero-order valence-electron chi connectivity index (χ0n) is 10.5. The summed E-state index contributed by atoms with van der Waals surface area (Å²) < 4.78 is 43.9. The highest BCUT2D eigenvalue weighted by atomic mass is 19.4. The summed E-state index contributed by atoms with van der Waals surface area (Å²) in [6, 6.07) is 4.66. The number of ether oxygens (including phenoxy) is 1. The molecule has 0 aliphatic heterocycles. The normalized spacial score (nSPS) is 11.4. The predicted molar refractivity (Wildman–Crippen MR) is 63.8 cm³/mol. The van der Waals surface area contributed by atoms with Crippen molar-refractivity contribution < 1.29 is 22.7 Å². The summed E-state index contributed by atoms with van der Waals surface area (Å²) in [4.78, 5) is 11.6. The number of carbonyl (C=O) groups excluding carboxylic acids is 1. The van der Waals surface area contributed by atoms with Gasteiger partial charge in [-0.15, -0.1) is 0 Å². The van der Waals surface area contributed by atoms with Crippen molar-refractivity contribution in [3.05, 3.63) is 53.3 Å². The lowest BCUT2D eigenvalue weighted by Gasteiger charge is -2.08.